The van der Waals surface area contributed by atoms with Crippen LogP contribution in [0.4, 0.5) is 13.2 Å². The summed E-state index contributed by atoms with van der Waals surface area (Å²) in [5, 5.41) is 0. The molecule has 0 spiro atoms. The van der Waals surface area contributed by atoms with Crippen LogP contribution in [0.2, 0.25) is 0 Å². The van der Waals surface area contributed by atoms with E-state index in [0.29, 0.717) is 6.42 Å². The van der Waals surface area contributed by atoms with Crippen LogP contribution < -0.4 is 0 Å². The normalized spacial score (nSPS) is 11.6. The molecule has 4 heteroatoms. The van der Waals surface area contributed by atoms with E-state index in [1.54, 1.807) is 24.3 Å². The molecule has 0 bridgehead atoms. The molecule has 0 atom stereocenters. The molecule has 0 radical (unpaired) electrons. The number of halogens is 3. The summed E-state index contributed by atoms with van der Waals surface area (Å²) in [6, 6.07) is 12.0. The third kappa shape index (κ3) is 4.60. The highest BCUT2D eigenvalue weighted by Crippen LogP contribution is 2.29. The summed E-state index contributed by atoms with van der Waals surface area (Å²) in [4.78, 5) is 0. The Kier molecular flexibility index (Phi) is 5.61. The van der Waals surface area contributed by atoms with Crippen LogP contribution >= 0.6 is 0 Å². The van der Waals surface area contributed by atoms with Crippen LogP contribution in [-0.2, 0) is 23.7 Å². The second kappa shape index (κ2) is 7.45. The van der Waals surface area contributed by atoms with Gasteiger partial charge in [0.1, 0.15) is 5.82 Å². The third-order valence-electron chi connectivity index (χ3n) is 3.42. The first-order valence-electron chi connectivity index (χ1n) is 7.37. The zero-order chi connectivity index (χ0) is 16.0. The zero-order valence-corrected chi connectivity index (χ0v) is 12.5. The topological polar surface area (TPSA) is 9.23 Å². The van der Waals surface area contributed by atoms with Gasteiger partial charge in [0, 0.05) is 0 Å². The maximum absolute atomic E-state index is 14.0. The molecule has 22 heavy (non-hydrogen) atoms. The summed E-state index contributed by atoms with van der Waals surface area (Å²) in [5.74, 6) is -0.345. The van der Waals surface area contributed by atoms with Crippen molar-refractivity contribution in [3.8, 4) is 0 Å². The second-order valence-electron chi connectivity index (χ2n) is 5.19. The lowest BCUT2D eigenvalue weighted by Crippen LogP contribution is -2.19. The second-order valence-corrected chi connectivity index (χ2v) is 5.19. The molecule has 1 nitrogen and oxygen atoms in total. The van der Waals surface area contributed by atoms with E-state index in [-0.39, 0.29) is 18.0 Å². The van der Waals surface area contributed by atoms with Crippen molar-refractivity contribution in [2.75, 3.05) is 6.61 Å². The molecule has 0 amide bonds. The van der Waals surface area contributed by atoms with Gasteiger partial charge in [-0.1, -0.05) is 49.7 Å². The number of hydrogen-bond acceptors (Lipinski definition) is 1. The minimum absolute atomic E-state index is 0.130. The van der Waals surface area contributed by atoms with Gasteiger partial charge in [-0.3, -0.25) is 0 Å². The van der Waals surface area contributed by atoms with Crippen molar-refractivity contribution in [2.24, 2.45) is 0 Å². The molecule has 0 aromatic heterocycles. The highest BCUT2D eigenvalue weighted by atomic mass is 19.3. The summed E-state index contributed by atoms with van der Waals surface area (Å²) >= 11 is 0. The SMILES string of the molecule is CCCc1ccc(C(F)(F)OCCc2ccc(F)cc2)cc1. The van der Waals surface area contributed by atoms with E-state index in [0.717, 1.165) is 24.0 Å². The molecule has 0 unspecified atom stereocenters. The number of aryl methyl sites for hydroxylation is 1. The lowest BCUT2D eigenvalue weighted by Gasteiger charge is -2.17. The summed E-state index contributed by atoms with van der Waals surface area (Å²) in [7, 11) is 0. The van der Waals surface area contributed by atoms with Crippen molar-refractivity contribution in [3.63, 3.8) is 0 Å². The van der Waals surface area contributed by atoms with Crippen molar-refractivity contribution in [3.05, 3.63) is 71.0 Å². The van der Waals surface area contributed by atoms with Crippen molar-refractivity contribution in [1.82, 2.24) is 0 Å². The number of ether oxygens (including phenoxy) is 1. The Balaban J connectivity index is 1.91. The lowest BCUT2D eigenvalue weighted by molar-refractivity contribution is -0.248. The van der Waals surface area contributed by atoms with E-state index >= 15 is 0 Å². The monoisotopic (exact) mass is 308 g/mol. The van der Waals surface area contributed by atoms with Crippen LogP contribution in [0.1, 0.15) is 30.0 Å². The van der Waals surface area contributed by atoms with Crippen LogP contribution in [0.3, 0.4) is 0 Å². The standard InChI is InChI=1S/C18H19F3O/c1-2-3-14-4-8-16(9-5-14)18(20,21)22-13-12-15-6-10-17(19)11-7-15/h4-11H,2-3,12-13H2,1H3. The Morgan fingerprint density at radius 2 is 1.41 bits per heavy atom. The molecule has 118 valence electrons. The van der Waals surface area contributed by atoms with Crippen molar-refractivity contribution in [2.45, 2.75) is 32.3 Å². The quantitative estimate of drug-likeness (QED) is 0.692. The Morgan fingerprint density at radius 1 is 0.864 bits per heavy atom. The average molecular weight is 308 g/mol. The van der Waals surface area contributed by atoms with Crippen LogP contribution in [-0.4, -0.2) is 6.61 Å². The fraction of sp³-hybridized carbons (Fsp3) is 0.333. The third-order valence-corrected chi connectivity index (χ3v) is 3.42. The predicted octanol–water partition coefficient (Wildman–Crippen LogP) is 5.09. The van der Waals surface area contributed by atoms with E-state index in [2.05, 4.69) is 0 Å². The molecule has 0 aliphatic rings. The van der Waals surface area contributed by atoms with Crippen LogP contribution in [0, 0.1) is 5.82 Å². The van der Waals surface area contributed by atoms with E-state index in [1.807, 2.05) is 6.92 Å². The first-order chi connectivity index (χ1) is 10.5. The first kappa shape index (κ1) is 16.6. The Labute approximate surface area is 128 Å². The van der Waals surface area contributed by atoms with Crippen LogP contribution in [0.25, 0.3) is 0 Å². The molecular weight excluding hydrogens is 289 g/mol. The maximum Gasteiger partial charge on any atom is 0.383 e. The van der Waals surface area contributed by atoms with Gasteiger partial charge >= 0.3 is 6.11 Å². The van der Waals surface area contributed by atoms with Crippen molar-refractivity contribution < 1.29 is 17.9 Å². The van der Waals surface area contributed by atoms with Crippen LogP contribution in [0.15, 0.2) is 48.5 Å². The molecule has 2 aromatic rings. The average Bonchev–Trinajstić information content (AvgIpc) is 2.50. The molecule has 0 heterocycles. The Hall–Kier alpha value is -1.81. The molecular formula is C18H19F3O. The molecule has 2 rings (SSSR count). The molecule has 0 aliphatic carbocycles. The van der Waals surface area contributed by atoms with E-state index in [1.165, 1.54) is 24.3 Å². The van der Waals surface area contributed by atoms with Gasteiger partial charge in [-0.2, -0.15) is 8.78 Å². The zero-order valence-electron chi connectivity index (χ0n) is 12.5. The van der Waals surface area contributed by atoms with Crippen molar-refractivity contribution >= 4 is 0 Å². The van der Waals surface area contributed by atoms with Crippen LogP contribution in [0.5, 0.6) is 0 Å². The molecule has 0 aliphatic heterocycles. The Morgan fingerprint density at radius 3 is 2.00 bits per heavy atom. The van der Waals surface area contributed by atoms with Gasteiger partial charge < -0.3 is 4.74 Å². The smallest absolute Gasteiger partial charge is 0.316 e. The highest BCUT2D eigenvalue weighted by molar-refractivity contribution is 5.24. The van der Waals surface area contributed by atoms with Gasteiger partial charge in [-0.05, 0) is 36.1 Å². The Bertz CT molecular complexity index is 576. The predicted molar refractivity (Wildman–Crippen MR) is 80.4 cm³/mol. The van der Waals surface area contributed by atoms with E-state index < -0.39 is 6.11 Å². The fourth-order valence-corrected chi connectivity index (χ4v) is 2.19. The summed E-state index contributed by atoms with van der Waals surface area (Å²) in [6.07, 6.45) is -1.16. The van der Waals surface area contributed by atoms with E-state index in [9.17, 15) is 13.2 Å². The van der Waals surface area contributed by atoms with Gasteiger partial charge in [0.05, 0.1) is 12.2 Å². The summed E-state index contributed by atoms with van der Waals surface area (Å²) < 4.78 is 45.4. The lowest BCUT2D eigenvalue weighted by atomic mass is 10.1. The molecule has 0 N–H and O–H groups in total. The van der Waals surface area contributed by atoms with Gasteiger partial charge in [0.15, 0.2) is 0 Å². The first-order valence-corrected chi connectivity index (χ1v) is 7.37. The number of hydrogen-bond donors (Lipinski definition) is 0. The number of rotatable bonds is 7. The van der Waals surface area contributed by atoms with Crippen molar-refractivity contribution in [1.29, 1.82) is 0 Å². The summed E-state index contributed by atoms with van der Waals surface area (Å²) in [5.41, 5.74) is 1.65. The van der Waals surface area contributed by atoms with Gasteiger partial charge in [0.25, 0.3) is 0 Å². The highest BCUT2D eigenvalue weighted by Gasteiger charge is 2.32. The maximum atomic E-state index is 14.0. The number of alkyl halides is 2. The fourth-order valence-electron chi connectivity index (χ4n) is 2.19. The van der Waals surface area contributed by atoms with Gasteiger partial charge in [-0.15, -0.1) is 0 Å². The van der Waals surface area contributed by atoms with E-state index in [4.69, 9.17) is 4.74 Å². The molecule has 0 fully saturated rings. The minimum Gasteiger partial charge on any atom is -0.316 e. The van der Waals surface area contributed by atoms with Gasteiger partial charge in [0.2, 0.25) is 0 Å². The molecule has 0 saturated carbocycles. The number of benzene rings is 2. The minimum atomic E-state index is -3.31. The molecule has 0 saturated heterocycles. The van der Waals surface area contributed by atoms with Gasteiger partial charge in [-0.25, -0.2) is 4.39 Å². The summed E-state index contributed by atoms with van der Waals surface area (Å²) in [6.45, 7) is 1.91. The largest absolute Gasteiger partial charge is 0.383 e. The molecule has 2 aromatic carbocycles.